The lowest BCUT2D eigenvalue weighted by Gasteiger charge is -2.28. The maximum Gasteiger partial charge on any atom is 0.306 e. The first-order valence-electron chi connectivity index (χ1n) is 18.6. The number of likely N-dealkylation sites (N-methyl/N-ethyl adjacent to an activating group) is 1. The molecule has 0 radical (unpaired) electrons. The van der Waals surface area contributed by atoms with Crippen molar-refractivity contribution in [1.29, 1.82) is 0 Å². The van der Waals surface area contributed by atoms with Crippen molar-refractivity contribution in [3.63, 3.8) is 0 Å². The fraction of sp³-hybridized carbons (Fsp3) is 0.944. The van der Waals surface area contributed by atoms with Gasteiger partial charge in [-0.05, 0) is 12.8 Å². The minimum atomic E-state index is -2.36. The quantitative estimate of drug-likeness (QED) is 0.0294. The number of unbranched alkanes of at least 4 members (excludes halogenated alkanes) is 20. The molecular formula is C36H72NO7P. The van der Waals surface area contributed by atoms with Gasteiger partial charge in [-0.3, -0.25) is 9.59 Å². The van der Waals surface area contributed by atoms with Crippen molar-refractivity contribution in [3.05, 3.63) is 0 Å². The highest BCUT2D eigenvalue weighted by Gasteiger charge is 2.19. The van der Waals surface area contributed by atoms with E-state index in [0.717, 1.165) is 38.5 Å². The van der Waals surface area contributed by atoms with Crippen molar-refractivity contribution in [2.75, 3.05) is 47.5 Å². The SMILES string of the molecule is CCCCCCCCCCCCCC(=O)OC[C@H](COP([O-])OCC[N+](C)(C)C)OC(=O)CCCCCCCCCCCCC. The van der Waals surface area contributed by atoms with Gasteiger partial charge in [-0.25, -0.2) is 0 Å². The van der Waals surface area contributed by atoms with E-state index in [0.29, 0.717) is 23.9 Å². The molecule has 268 valence electrons. The smallest absolute Gasteiger partial charge is 0.306 e. The summed E-state index contributed by atoms with van der Waals surface area (Å²) in [4.78, 5) is 37.1. The third kappa shape index (κ3) is 34.4. The number of esters is 2. The van der Waals surface area contributed by atoms with E-state index >= 15 is 0 Å². The first-order valence-corrected chi connectivity index (χ1v) is 19.7. The molecule has 0 N–H and O–H groups in total. The number of quaternary nitrogens is 1. The molecule has 0 amide bonds. The fourth-order valence-corrected chi connectivity index (χ4v) is 5.65. The Morgan fingerprint density at radius 2 is 0.978 bits per heavy atom. The predicted molar refractivity (Wildman–Crippen MR) is 185 cm³/mol. The molecule has 9 heteroatoms. The molecule has 8 nitrogen and oxygen atoms in total. The second-order valence-electron chi connectivity index (χ2n) is 13.7. The Kier molecular flexibility index (Phi) is 31.2. The largest absolute Gasteiger partial charge is 0.786 e. The molecule has 0 spiro atoms. The lowest BCUT2D eigenvalue weighted by Crippen LogP contribution is -2.37. The topological polar surface area (TPSA) is 94.1 Å². The second kappa shape index (κ2) is 31.8. The molecule has 0 aromatic rings. The Bertz CT molecular complexity index is 674. The van der Waals surface area contributed by atoms with E-state index in [1.54, 1.807) is 0 Å². The maximum atomic E-state index is 12.5. The standard InChI is InChI=1S/C36H72NO7P/c1-6-8-10-12-14-16-18-20-22-24-26-28-35(38)41-32-34(33-43-45(40)42-31-30-37(3,4)5)44-36(39)29-27-25-23-21-19-17-15-13-11-9-7-2/h34H,6-33H2,1-5H3/t34-,45?/m1/s1. The summed E-state index contributed by atoms with van der Waals surface area (Å²) in [6, 6.07) is 0. The number of rotatable bonds is 34. The van der Waals surface area contributed by atoms with Crippen LogP contribution in [0.25, 0.3) is 0 Å². The summed E-state index contributed by atoms with van der Waals surface area (Å²) in [6.07, 6.45) is 26.5. The Labute approximate surface area is 279 Å². The summed E-state index contributed by atoms with van der Waals surface area (Å²) in [5, 5.41) is 0. The summed E-state index contributed by atoms with van der Waals surface area (Å²) in [5.41, 5.74) is 0. The average Bonchev–Trinajstić information content (AvgIpc) is 2.99. The molecule has 0 rings (SSSR count). The first-order chi connectivity index (χ1) is 21.7. The fourth-order valence-electron chi connectivity index (χ4n) is 5.06. The number of ether oxygens (including phenoxy) is 2. The summed E-state index contributed by atoms with van der Waals surface area (Å²) in [6.45, 7) is 5.20. The average molecular weight is 662 g/mol. The van der Waals surface area contributed by atoms with Crippen molar-refractivity contribution < 1.29 is 37.5 Å². The summed E-state index contributed by atoms with van der Waals surface area (Å²) >= 11 is 0. The molecule has 0 saturated carbocycles. The zero-order valence-corrected chi connectivity index (χ0v) is 31.0. The summed E-state index contributed by atoms with van der Waals surface area (Å²) < 4.78 is 22.3. The van der Waals surface area contributed by atoms with Crippen LogP contribution in [0, 0.1) is 0 Å². The highest BCUT2D eigenvalue weighted by Crippen LogP contribution is 2.28. The molecule has 0 saturated heterocycles. The Hall–Kier alpha value is -0.790. The minimum absolute atomic E-state index is 0.108. The van der Waals surface area contributed by atoms with Gasteiger partial charge in [0.25, 0.3) is 0 Å². The molecule has 2 atom stereocenters. The molecule has 0 aliphatic rings. The van der Waals surface area contributed by atoms with Gasteiger partial charge in [-0.1, -0.05) is 142 Å². The molecule has 0 aliphatic heterocycles. The predicted octanol–water partition coefficient (Wildman–Crippen LogP) is 9.17. The molecule has 1 unspecified atom stereocenters. The van der Waals surface area contributed by atoms with Crippen LogP contribution < -0.4 is 4.89 Å². The van der Waals surface area contributed by atoms with E-state index in [9.17, 15) is 14.5 Å². The summed E-state index contributed by atoms with van der Waals surface area (Å²) in [5.74, 6) is -0.650. The van der Waals surface area contributed by atoms with Crippen molar-refractivity contribution in [2.24, 2.45) is 0 Å². The third-order valence-corrected chi connectivity index (χ3v) is 8.78. The second-order valence-corrected chi connectivity index (χ2v) is 14.7. The van der Waals surface area contributed by atoms with Crippen LogP contribution in [0.2, 0.25) is 0 Å². The van der Waals surface area contributed by atoms with Gasteiger partial charge in [0, 0.05) is 12.8 Å². The normalized spacial score (nSPS) is 13.1. The Morgan fingerprint density at radius 3 is 1.40 bits per heavy atom. The van der Waals surface area contributed by atoms with Crippen LogP contribution in [0.15, 0.2) is 0 Å². The Morgan fingerprint density at radius 1 is 0.578 bits per heavy atom. The van der Waals surface area contributed by atoms with Crippen molar-refractivity contribution in [2.45, 2.75) is 174 Å². The van der Waals surface area contributed by atoms with Crippen LogP contribution in [0.3, 0.4) is 0 Å². The van der Waals surface area contributed by atoms with Crippen LogP contribution >= 0.6 is 8.60 Å². The number of carbonyl (C=O) groups excluding carboxylic acids is 2. The highest BCUT2D eigenvalue weighted by molar-refractivity contribution is 7.39. The van der Waals surface area contributed by atoms with Gasteiger partial charge in [-0.2, -0.15) is 0 Å². The molecule has 0 aliphatic carbocycles. The maximum absolute atomic E-state index is 12.5. The van der Waals surface area contributed by atoms with Gasteiger partial charge in [0.15, 0.2) is 6.10 Å². The molecule has 45 heavy (non-hydrogen) atoms. The minimum Gasteiger partial charge on any atom is -0.786 e. The van der Waals surface area contributed by atoms with Crippen LogP contribution in [0.1, 0.15) is 168 Å². The molecule has 0 bridgehead atoms. The van der Waals surface area contributed by atoms with Gasteiger partial charge in [0.2, 0.25) is 0 Å². The van der Waals surface area contributed by atoms with Crippen molar-refractivity contribution >= 4 is 20.5 Å². The number of nitrogens with zero attached hydrogens (tertiary/aromatic N) is 1. The first kappa shape index (κ1) is 44.2. The zero-order valence-electron chi connectivity index (χ0n) is 30.1. The Balaban J connectivity index is 4.30. The number of hydrogen-bond donors (Lipinski definition) is 0. The van der Waals surface area contributed by atoms with Crippen LogP contribution in [-0.4, -0.2) is 70.0 Å². The monoisotopic (exact) mass is 662 g/mol. The van der Waals surface area contributed by atoms with Gasteiger partial charge in [0.1, 0.15) is 19.8 Å². The number of hydrogen-bond acceptors (Lipinski definition) is 7. The molecular weight excluding hydrogens is 589 g/mol. The highest BCUT2D eigenvalue weighted by atomic mass is 31.2. The van der Waals surface area contributed by atoms with Crippen LogP contribution in [0.4, 0.5) is 0 Å². The summed E-state index contributed by atoms with van der Waals surface area (Å²) in [7, 11) is 3.71. The number of carbonyl (C=O) groups is 2. The lowest BCUT2D eigenvalue weighted by atomic mass is 10.1. The molecule has 0 aromatic carbocycles. The molecule has 0 heterocycles. The van der Waals surface area contributed by atoms with Gasteiger partial charge in [-0.15, -0.1) is 0 Å². The molecule has 0 aromatic heterocycles. The van der Waals surface area contributed by atoms with Gasteiger partial charge in [0.05, 0.1) is 36.4 Å². The van der Waals surface area contributed by atoms with Crippen LogP contribution in [-0.2, 0) is 28.1 Å². The van der Waals surface area contributed by atoms with E-state index in [2.05, 4.69) is 13.8 Å². The van der Waals surface area contributed by atoms with E-state index in [1.165, 1.54) is 103 Å². The van der Waals surface area contributed by atoms with E-state index < -0.39 is 14.7 Å². The molecule has 0 fully saturated rings. The van der Waals surface area contributed by atoms with Crippen molar-refractivity contribution in [1.82, 2.24) is 0 Å². The third-order valence-electron chi connectivity index (χ3n) is 8.02. The van der Waals surface area contributed by atoms with Crippen LogP contribution in [0.5, 0.6) is 0 Å². The van der Waals surface area contributed by atoms with Gasteiger partial charge < -0.3 is 27.9 Å². The van der Waals surface area contributed by atoms with E-state index in [1.807, 2.05) is 21.1 Å². The van der Waals surface area contributed by atoms with E-state index in [-0.39, 0.29) is 31.8 Å². The van der Waals surface area contributed by atoms with Crippen molar-refractivity contribution in [3.8, 4) is 0 Å². The van der Waals surface area contributed by atoms with Gasteiger partial charge >= 0.3 is 11.9 Å². The lowest BCUT2D eigenvalue weighted by molar-refractivity contribution is -0.870. The van der Waals surface area contributed by atoms with E-state index in [4.69, 9.17) is 18.5 Å². The zero-order chi connectivity index (χ0) is 33.4.